The molecule has 0 unspecified atom stereocenters. The van der Waals surface area contributed by atoms with Crippen LogP contribution in [0.3, 0.4) is 0 Å². The number of rotatable bonds is 7. The molecule has 0 aliphatic heterocycles. The van der Waals surface area contributed by atoms with Gasteiger partial charge in [-0.3, -0.25) is 0 Å². The van der Waals surface area contributed by atoms with E-state index in [9.17, 15) is 0 Å². The molecule has 0 spiro atoms. The molecule has 136 valence electrons. The van der Waals surface area contributed by atoms with E-state index in [4.69, 9.17) is 16.3 Å². The lowest BCUT2D eigenvalue weighted by atomic mass is 10.1. The summed E-state index contributed by atoms with van der Waals surface area (Å²) >= 11 is 5.99. The van der Waals surface area contributed by atoms with Gasteiger partial charge in [0.1, 0.15) is 0 Å². The second-order valence-corrected chi connectivity index (χ2v) is 6.74. The first kappa shape index (κ1) is 18.6. The molecule has 1 N–H and O–H groups in total. The Bertz CT molecular complexity index is 844. The standard InChI is InChI=1S/C21H24ClN3O/c1-15-20(13-23-14-21(26-3)17-7-5-4-6-8-17)16(2)25(24-15)19-11-9-18(22)10-12-19/h4-12,21,23H,13-14H2,1-3H3/t21-/m1/s1. The van der Waals surface area contributed by atoms with E-state index >= 15 is 0 Å². The lowest BCUT2D eigenvalue weighted by Gasteiger charge is -2.16. The zero-order valence-corrected chi connectivity index (χ0v) is 16.1. The molecule has 4 nitrogen and oxygen atoms in total. The molecule has 0 amide bonds. The third kappa shape index (κ3) is 4.15. The van der Waals surface area contributed by atoms with Gasteiger partial charge in [0, 0.05) is 36.5 Å². The highest BCUT2D eigenvalue weighted by atomic mass is 35.5. The molecule has 0 saturated heterocycles. The monoisotopic (exact) mass is 369 g/mol. The zero-order chi connectivity index (χ0) is 18.5. The van der Waals surface area contributed by atoms with Crippen LogP contribution in [-0.4, -0.2) is 23.4 Å². The molecule has 0 saturated carbocycles. The number of hydrogen-bond acceptors (Lipinski definition) is 3. The number of nitrogens with zero attached hydrogens (tertiary/aromatic N) is 2. The molecule has 0 fully saturated rings. The van der Waals surface area contributed by atoms with Crippen molar-refractivity contribution in [3.63, 3.8) is 0 Å². The largest absolute Gasteiger partial charge is 0.375 e. The van der Waals surface area contributed by atoms with Crippen molar-refractivity contribution >= 4 is 11.6 Å². The van der Waals surface area contributed by atoms with Crippen LogP contribution in [0.5, 0.6) is 0 Å². The highest BCUT2D eigenvalue weighted by Crippen LogP contribution is 2.20. The van der Waals surface area contributed by atoms with Crippen molar-refractivity contribution in [2.75, 3.05) is 13.7 Å². The van der Waals surface area contributed by atoms with Gasteiger partial charge in [0.05, 0.1) is 17.5 Å². The Hall–Kier alpha value is -2.14. The number of ether oxygens (including phenoxy) is 1. The number of methoxy groups -OCH3 is 1. The van der Waals surface area contributed by atoms with Gasteiger partial charge in [-0.1, -0.05) is 41.9 Å². The van der Waals surface area contributed by atoms with Gasteiger partial charge in [-0.15, -0.1) is 0 Å². The predicted octanol–water partition coefficient (Wildman–Crippen LogP) is 4.62. The van der Waals surface area contributed by atoms with E-state index in [0.717, 1.165) is 35.2 Å². The van der Waals surface area contributed by atoms with Gasteiger partial charge in [-0.05, 0) is 43.7 Å². The fraction of sp³-hybridized carbons (Fsp3) is 0.286. The van der Waals surface area contributed by atoms with E-state index in [-0.39, 0.29) is 6.10 Å². The van der Waals surface area contributed by atoms with Crippen molar-refractivity contribution in [2.45, 2.75) is 26.5 Å². The normalized spacial score (nSPS) is 12.3. The summed E-state index contributed by atoms with van der Waals surface area (Å²) in [6, 6.07) is 18.0. The van der Waals surface area contributed by atoms with Gasteiger partial charge in [0.25, 0.3) is 0 Å². The molecule has 1 aromatic heterocycles. The quantitative estimate of drug-likeness (QED) is 0.660. The third-order valence-corrected chi connectivity index (χ3v) is 4.85. The average molecular weight is 370 g/mol. The summed E-state index contributed by atoms with van der Waals surface area (Å²) in [6.07, 6.45) is 0.0307. The maximum Gasteiger partial charge on any atom is 0.0945 e. The predicted molar refractivity (Wildman–Crippen MR) is 106 cm³/mol. The third-order valence-electron chi connectivity index (χ3n) is 4.60. The number of aryl methyl sites for hydroxylation is 1. The van der Waals surface area contributed by atoms with Crippen LogP contribution in [0.15, 0.2) is 54.6 Å². The maximum atomic E-state index is 5.99. The van der Waals surface area contributed by atoms with Crippen LogP contribution < -0.4 is 5.32 Å². The molecule has 0 bridgehead atoms. The maximum absolute atomic E-state index is 5.99. The summed E-state index contributed by atoms with van der Waals surface area (Å²) in [5, 5.41) is 8.92. The van der Waals surface area contributed by atoms with Crippen LogP contribution in [0.25, 0.3) is 5.69 Å². The number of benzene rings is 2. The van der Waals surface area contributed by atoms with Crippen LogP contribution in [0, 0.1) is 13.8 Å². The number of nitrogens with one attached hydrogen (secondary N) is 1. The van der Waals surface area contributed by atoms with Crippen LogP contribution in [0.4, 0.5) is 0 Å². The van der Waals surface area contributed by atoms with Gasteiger partial charge < -0.3 is 10.1 Å². The Morgan fingerprint density at radius 1 is 1.08 bits per heavy atom. The van der Waals surface area contributed by atoms with Crippen molar-refractivity contribution in [3.05, 3.63) is 82.1 Å². The molecule has 3 rings (SSSR count). The molecule has 0 radical (unpaired) electrons. The molecule has 5 heteroatoms. The number of aromatic nitrogens is 2. The molecule has 2 aromatic carbocycles. The number of halogens is 1. The summed E-state index contributed by atoms with van der Waals surface area (Å²) in [5.74, 6) is 0. The Morgan fingerprint density at radius 2 is 1.77 bits per heavy atom. The fourth-order valence-electron chi connectivity index (χ4n) is 3.10. The van der Waals surface area contributed by atoms with E-state index in [2.05, 4.69) is 29.5 Å². The fourth-order valence-corrected chi connectivity index (χ4v) is 3.22. The lowest BCUT2D eigenvalue weighted by Crippen LogP contribution is -2.23. The minimum absolute atomic E-state index is 0.0307. The molecule has 26 heavy (non-hydrogen) atoms. The topological polar surface area (TPSA) is 39.1 Å². The Kier molecular flexibility index (Phi) is 6.09. The first-order valence-corrected chi connectivity index (χ1v) is 9.07. The van der Waals surface area contributed by atoms with E-state index in [0.29, 0.717) is 0 Å². The molecule has 1 heterocycles. The Morgan fingerprint density at radius 3 is 2.42 bits per heavy atom. The molecule has 0 aliphatic rings. The van der Waals surface area contributed by atoms with Crippen molar-refractivity contribution in [2.24, 2.45) is 0 Å². The first-order valence-electron chi connectivity index (χ1n) is 8.69. The Labute approximate surface area is 159 Å². The molecule has 3 aromatic rings. The minimum atomic E-state index is 0.0307. The molecular formula is C21H24ClN3O. The average Bonchev–Trinajstić information content (AvgIpc) is 2.94. The van der Waals surface area contributed by atoms with Crippen LogP contribution in [0.1, 0.15) is 28.6 Å². The smallest absolute Gasteiger partial charge is 0.0945 e. The first-order chi connectivity index (χ1) is 12.6. The van der Waals surface area contributed by atoms with Crippen LogP contribution >= 0.6 is 11.6 Å². The summed E-state index contributed by atoms with van der Waals surface area (Å²) in [6.45, 7) is 5.63. The SMILES string of the molecule is CO[C@H](CNCc1c(C)nn(-c2ccc(Cl)cc2)c1C)c1ccccc1. The van der Waals surface area contributed by atoms with Gasteiger partial charge in [-0.2, -0.15) is 5.10 Å². The van der Waals surface area contributed by atoms with Gasteiger partial charge in [0.2, 0.25) is 0 Å². The van der Waals surface area contributed by atoms with Crippen molar-refractivity contribution < 1.29 is 4.74 Å². The van der Waals surface area contributed by atoms with Crippen molar-refractivity contribution in [1.82, 2.24) is 15.1 Å². The second-order valence-electron chi connectivity index (χ2n) is 6.30. The van der Waals surface area contributed by atoms with Gasteiger partial charge in [0.15, 0.2) is 0 Å². The molecule has 1 atom stereocenters. The zero-order valence-electron chi connectivity index (χ0n) is 15.4. The summed E-state index contributed by atoms with van der Waals surface area (Å²) < 4.78 is 7.59. The summed E-state index contributed by atoms with van der Waals surface area (Å²) in [5.41, 5.74) is 5.56. The Balaban J connectivity index is 1.69. The van der Waals surface area contributed by atoms with Crippen LogP contribution in [0.2, 0.25) is 5.02 Å². The lowest BCUT2D eigenvalue weighted by molar-refractivity contribution is 0.102. The van der Waals surface area contributed by atoms with E-state index in [1.165, 1.54) is 11.1 Å². The van der Waals surface area contributed by atoms with Gasteiger partial charge >= 0.3 is 0 Å². The van der Waals surface area contributed by atoms with Gasteiger partial charge in [-0.25, -0.2) is 4.68 Å². The number of hydrogen-bond donors (Lipinski definition) is 1. The van der Waals surface area contributed by atoms with E-state index in [1.54, 1.807) is 7.11 Å². The highest BCUT2D eigenvalue weighted by molar-refractivity contribution is 6.30. The molecular weight excluding hydrogens is 346 g/mol. The molecule has 0 aliphatic carbocycles. The minimum Gasteiger partial charge on any atom is -0.375 e. The second kappa shape index (κ2) is 8.49. The van der Waals surface area contributed by atoms with E-state index < -0.39 is 0 Å². The van der Waals surface area contributed by atoms with Crippen molar-refractivity contribution in [3.8, 4) is 5.69 Å². The van der Waals surface area contributed by atoms with Crippen LogP contribution in [-0.2, 0) is 11.3 Å². The van der Waals surface area contributed by atoms with Crippen molar-refractivity contribution in [1.29, 1.82) is 0 Å². The highest BCUT2D eigenvalue weighted by Gasteiger charge is 2.14. The van der Waals surface area contributed by atoms with E-state index in [1.807, 2.05) is 54.1 Å². The summed E-state index contributed by atoms with van der Waals surface area (Å²) in [4.78, 5) is 0. The summed E-state index contributed by atoms with van der Waals surface area (Å²) in [7, 11) is 1.74.